The smallest absolute Gasteiger partial charge is 0.251 e. The van der Waals surface area contributed by atoms with Crippen LogP contribution in [0.2, 0.25) is 19.6 Å². The zero-order valence-corrected chi connectivity index (χ0v) is 11.4. The molecule has 0 fully saturated rings. The minimum atomic E-state index is -1.35. The molecule has 1 aromatic rings. The molecule has 0 aliphatic carbocycles. The number of rotatable bonds is 4. The van der Waals surface area contributed by atoms with E-state index in [1.807, 2.05) is 0 Å². The summed E-state index contributed by atoms with van der Waals surface area (Å²) in [5.74, 6) is -0.814. The molecule has 0 heterocycles. The van der Waals surface area contributed by atoms with Gasteiger partial charge in [-0.25, -0.2) is 0 Å². The van der Waals surface area contributed by atoms with E-state index in [0.717, 1.165) is 0 Å². The fourth-order valence-electron chi connectivity index (χ4n) is 1.34. The summed E-state index contributed by atoms with van der Waals surface area (Å²) in [5.41, 5.74) is 5.83. The molecular formula is C12H18N2O2Si. The monoisotopic (exact) mass is 250 g/mol. The lowest BCUT2D eigenvalue weighted by Gasteiger charge is -2.17. The van der Waals surface area contributed by atoms with Crippen molar-refractivity contribution in [3.8, 4) is 0 Å². The highest BCUT2D eigenvalue weighted by Crippen LogP contribution is 2.08. The van der Waals surface area contributed by atoms with Gasteiger partial charge in [0.05, 0.1) is 19.2 Å². The van der Waals surface area contributed by atoms with E-state index in [9.17, 15) is 9.59 Å². The van der Waals surface area contributed by atoms with E-state index < -0.39 is 14.0 Å². The van der Waals surface area contributed by atoms with E-state index in [-0.39, 0.29) is 11.5 Å². The summed E-state index contributed by atoms with van der Waals surface area (Å²) in [6, 6.07) is 6.58. The SMILES string of the molecule is C[Si](C)(C)CNC(=O)c1ccccc1C(N)=O. The number of carbonyl (C=O) groups is 2. The second-order valence-corrected chi connectivity index (χ2v) is 10.6. The summed E-state index contributed by atoms with van der Waals surface area (Å²) < 4.78 is 0. The maximum absolute atomic E-state index is 11.9. The Hall–Kier alpha value is -1.62. The summed E-state index contributed by atoms with van der Waals surface area (Å²) in [5, 5.41) is 2.85. The highest BCUT2D eigenvalue weighted by atomic mass is 28.3. The molecule has 0 radical (unpaired) electrons. The van der Waals surface area contributed by atoms with Crippen LogP contribution in [0, 0.1) is 0 Å². The average Bonchev–Trinajstić information content (AvgIpc) is 2.25. The molecule has 0 unspecified atom stereocenters. The lowest BCUT2D eigenvalue weighted by atomic mass is 10.1. The third-order valence-corrected chi connectivity index (χ3v) is 3.45. The highest BCUT2D eigenvalue weighted by Gasteiger charge is 2.18. The van der Waals surface area contributed by atoms with Gasteiger partial charge in [-0.15, -0.1) is 0 Å². The van der Waals surface area contributed by atoms with E-state index in [4.69, 9.17) is 5.73 Å². The van der Waals surface area contributed by atoms with Crippen LogP contribution in [0.5, 0.6) is 0 Å². The van der Waals surface area contributed by atoms with Gasteiger partial charge in [0.1, 0.15) is 0 Å². The summed E-state index contributed by atoms with van der Waals surface area (Å²) in [6.07, 6.45) is 0.679. The lowest BCUT2D eigenvalue weighted by Crippen LogP contribution is -2.40. The van der Waals surface area contributed by atoms with Crippen LogP contribution in [-0.4, -0.2) is 26.1 Å². The first-order chi connectivity index (χ1) is 7.81. The predicted molar refractivity (Wildman–Crippen MR) is 70.6 cm³/mol. The van der Waals surface area contributed by atoms with Gasteiger partial charge in [-0.1, -0.05) is 31.8 Å². The van der Waals surface area contributed by atoms with Crippen molar-refractivity contribution in [2.24, 2.45) is 5.73 Å². The van der Waals surface area contributed by atoms with Crippen molar-refractivity contribution in [3.63, 3.8) is 0 Å². The topological polar surface area (TPSA) is 72.2 Å². The van der Waals surface area contributed by atoms with Gasteiger partial charge in [-0.2, -0.15) is 0 Å². The molecule has 5 heteroatoms. The first-order valence-electron chi connectivity index (χ1n) is 5.48. The quantitative estimate of drug-likeness (QED) is 0.793. The Morgan fingerprint density at radius 2 is 1.71 bits per heavy atom. The summed E-state index contributed by atoms with van der Waals surface area (Å²) >= 11 is 0. The highest BCUT2D eigenvalue weighted by molar-refractivity contribution is 6.76. The molecule has 0 aliphatic rings. The van der Waals surface area contributed by atoms with Gasteiger partial charge in [0, 0.05) is 6.17 Å². The number of nitrogens with two attached hydrogens (primary N) is 1. The Bertz CT molecular complexity index is 438. The average molecular weight is 250 g/mol. The molecule has 0 bridgehead atoms. The molecule has 0 aromatic heterocycles. The second kappa shape index (κ2) is 5.14. The van der Waals surface area contributed by atoms with E-state index >= 15 is 0 Å². The van der Waals surface area contributed by atoms with Gasteiger partial charge < -0.3 is 11.1 Å². The molecule has 92 valence electrons. The van der Waals surface area contributed by atoms with Gasteiger partial charge in [0.2, 0.25) is 5.91 Å². The number of primary amides is 1. The molecule has 3 N–H and O–H groups in total. The third-order valence-electron chi connectivity index (χ3n) is 2.22. The number of carbonyl (C=O) groups excluding carboxylic acids is 2. The van der Waals surface area contributed by atoms with Crippen LogP contribution in [0.1, 0.15) is 20.7 Å². The molecule has 0 saturated carbocycles. The summed E-state index contributed by atoms with van der Waals surface area (Å²) in [6.45, 7) is 6.48. The minimum absolute atomic E-state index is 0.234. The number of hydrogen-bond acceptors (Lipinski definition) is 2. The Balaban J connectivity index is 2.86. The zero-order valence-electron chi connectivity index (χ0n) is 10.4. The number of amides is 2. The maximum atomic E-state index is 11.9. The van der Waals surface area contributed by atoms with Gasteiger partial charge >= 0.3 is 0 Å². The van der Waals surface area contributed by atoms with Crippen LogP contribution in [0.3, 0.4) is 0 Å². The zero-order chi connectivity index (χ0) is 13.1. The number of nitrogens with one attached hydrogen (secondary N) is 1. The molecule has 0 aliphatic heterocycles. The first-order valence-corrected chi connectivity index (χ1v) is 9.19. The van der Waals surface area contributed by atoms with Crippen molar-refractivity contribution in [1.29, 1.82) is 0 Å². The van der Waals surface area contributed by atoms with Crippen LogP contribution < -0.4 is 11.1 Å². The Morgan fingerprint density at radius 1 is 1.18 bits per heavy atom. The van der Waals surface area contributed by atoms with E-state index in [2.05, 4.69) is 25.0 Å². The first kappa shape index (κ1) is 13.4. The third kappa shape index (κ3) is 4.03. The van der Waals surface area contributed by atoms with Crippen molar-refractivity contribution in [2.45, 2.75) is 19.6 Å². The van der Waals surface area contributed by atoms with Gasteiger partial charge in [0.15, 0.2) is 0 Å². The van der Waals surface area contributed by atoms with Gasteiger partial charge in [-0.05, 0) is 12.1 Å². The molecule has 1 aromatic carbocycles. The normalized spacial score (nSPS) is 11.0. The minimum Gasteiger partial charge on any atom is -0.366 e. The molecule has 0 saturated heterocycles. The molecule has 1 rings (SSSR count). The van der Waals surface area contributed by atoms with Crippen LogP contribution in [0.4, 0.5) is 0 Å². The predicted octanol–water partition coefficient (Wildman–Crippen LogP) is 1.39. The van der Waals surface area contributed by atoms with Crippen molar-refractivity contribution in [3.05, 3.63) is 35.4 Å². The molecule has 0 atom stereocenters. The number of hydrogen-bond donors (Lipinski definition) is 2. The van der Waals surface area contributed by atoms with Gasteiger partial charge in [0.25, 0.3) is 5.91 Å². The molecule has 4 nitrogen and oxygen atoms in total. The Morgan fingerprint density at radius 3 is 2.18 bits per heavy atom. The van der Waals surface area contributed by atoms with Crippen LogP contribution >= 0.6 is 0 Å². The van der Waals surface area contributed by atoms with Crippen molar-refractivity contribution < 1.29 is 9.59 Å². The summed E-state index contributed by atoms with van der Waals surface area (Å²) in [7, 11) is -1.35. The van der Waals surface area contributed by atoms with Crippen LogP contribution in [0.25, 0.3) is 0 Å². The van der Waals surface area contributed by atoms with Crippen LogP contribution in [-0.2, 0) is 0 Å². The van der Waals surface area contributed by atoms with Crippen molar-refractivity contribution >= 4 is 19.9 Å². The van der Waals surface area contributed by atoms with E-state index in [1.165, 1.54) is 0 Å². The van der Waals surface area contributed by atoms with Crippen molar-refractivity contribution in [2.75, 3.05) is 6.17 Å². The van der Waals surface area contributed by atoms with E-state index in [0.29, 0.717) is 11.7 Å². The van der Waals surface area contributed by atoms with Gasteiger partial charge in [-0.3, -0.25) is 9.59 Å². The molecular weight excluding hydrogens is 232 g/mol. The largest absolute Gasteiger partial charge is 0.366 e. The van der Waals surface area contributed by atoms with Crippen LogP contribution in [0.15, 0.2) is 24.3 Å². The lowest BCUT2D eigenvalue weighted by molar-refractivity contribution is 0.0940. The van der Waals surface area contributed by atoms with Crippen molar-refractivity contribution in [1.82, 2.24) is 5.32 Å². The molecule has 0 spiro atoms. The van der Waals surface area contributed by atoms with E-state index in [1.54, 1.807) is 24.3 Å². The molecule has 17 heavy (non-hydrogen) atoms. The fraction of sp³-hybridized carbons (Fsp3) is 0.333. The Labute approximate surface area is 102 Å². The summed E-state index contributed by atoms with van der Waals surface area (Å²) in [4.78, 5) is 23.1. The molecule has 2 amide bonds. The fourth-order valence-corrected chi connectivity index (χ4v) is 2.03. The Kier molecular flexibility index (Phi) is 4.06. The second-order valence-electron chi connectivity index (χ2n) is 5.15. The maximum Gasteiger partial charge on any atom is 0.251 e. The number of benzene rings is 1. The standard InChI is InChI=1S/C12H18N2O2Si/c1-17(2,3)8-14-12(16)10-7-5-4-6-9(10)11(13)15/h4-7H,8H2,1-3H3,(H2,13,15)(H,14,16).